The van der Waals surface area contributed by atoms with Gasteiger partial charge in [0.05, 0.1) is 6.07 Å². The second-order valence-electron chi connectivity index (χ2n) is 5.01. The van der Waals surface area contributed by atoms with Gasteiger partial charge < -0.3 is 5.32 Å². The van der Waals surface area contributed by atoms with E-state index in [0.717, 1.165) is 18.9 Å². The van der Waals surface area contributed by atoms with Crippen molar-refractivity contribution in [2.75, 3.05) is 6.54 Å². The van der Waals surface area contributed by atoms with Gasteiger partial charge in [-0.1, -0.05) is 32.6 Å². The summed E-state index contributed by atoms with van der Waals surface area (Å²) in [7, 11) is 0. The normalized spacial score (nSPS) is 19.2. The lowest BCUT2D eigenvalue weighted by molar-refractivity contribution is 0.256. The Bertz CT molecular complexity index is 201. The highest BCUT2D eigenvalue weighted by Crippen LogP contribution is 2.28. The molecule has 2 nitrogen and oxygen atoms in total. The van der Waals surface area contributed by atoms with E-state index in [4.69, 9.17) is 5.26 Å². The van der Waals surface area contributed by atoms with Gasteiger partial charge >= 0.3 is 0 Å². The van der Waals surface area contributed by atoms with Crippen LogP contribution in [0.15, 0.2) is 0 Å². The Hall–Kier alpha value is -0.550. The summed E-state index contributed by atoms with van der Waals surface area (Å²) in [6.45, 7) is 3.29. The monoisotopic (exact) mass is 222 g/mol. The van der Waals surface area contributed by atoms with Gasteiger partial charge in [0, 0.05) is 12.5 Å². The lowest BCUT2D eigenvalue weighted by Crippen LogP contribution is -2.37. The van der Waals surface area contributed by atoms with Gasteiger partial charge in [0.1, 0.15) is 0 Å². The molecule has 2 heteroatoms. The predicted octanol–water partition coefficient (Wildman–Crippen LogP) is 3.63. The maximum Gasteiger partial charge on any atom is 0.0622 e. The largest absolute Gasteiger partial charge is 0.314 e. The smallest absolute Gasteiger partial charge is 0.0622 e. The van der Waals surface area contributed by atoms with Gasteiger partial charge in [-0.15, -0.1) is 0 Å². The van der Waals surface area contributed by atoms with E-state index >= 15 is 0 Å². The number of nitrogens with zero attached hydrogens (tertiary/aromatic N) is 1. The zero-order chi connectivity index (χ0) is 11.6. The topological polar surface area (TPSA) is 35.8 Å². The summed E-state index contributed by atoms with van der Waals surface area (Å²) in [5.74, 6) is 0.899. The third kappa shape index (κ3) is 4.99. The predicted molar refractivity (Wildman–Crippen MR) is 68.1 cm³/mol. The highest BCUT2D eigenvalue weighted by molar-refractivity contribution is 4.79. The molecule has 16 heavy (non-hydrogen) atoms. The molecule has 0 aromatic heterocycles. The van der Waals surface area contributed by atoms with Crippen molar-refractivity contribution in [1.82, 2.24) is 5.32 Å². The standard InChI is InChI=1S/C14H26N2/c1-2-8-14(16-12-7-6-11-15)13-9-4-3-5-10-13/h13-14,16H,2-10,12H2,1H3. The summed E-state index contributed by atoms with van der Waals surface area (Å²) >= 11 is 0. The van der Waals surface area contributed by atoms with Crippen molar-refractivity contribution in [3.63, 3.8) is 0 Å². The van der Waals surface area contributed by atoms with Crippen LogP contribution in [0, 0.1) is 17.2 Å². The van der Waals surface area contributed by atoms with E-state index in [9.17, 15) is 0 Å². The molecular weight excluding hydrogens is 196 g/mol. The number of hydrogen-bond acceptors (Lipinski definition) is 2. The third-order valence-corrected chi connectivity index (χ3v) is 3.69. The zero-order valence-electron chi connectivity index (χ0n) is 10.7. The number of hydrogen-bond donors (Lipinski definition) is 1. The summed E-state index contributed by atoms with van der Waals surface area (Å²) in [5.41, 5.74) is 0. The van der Waals surface area contributed by atoms with Crippen LogP contribution in [0.5, 0.6) is 0 Å². The van der Waals surface area contributed by atoms with Gasteiger partial charge in [0.2, 0.25) is 0 Å². The molecule has 1 saturated carbocycles. The van der Waals surface area contributed by atoms with E-state index < -0.39 is 0 Å². The van der Waals surface area contributed by atoms with E-state index in [1.165, 1.54) is 44.9 Å². The Morgan fingerprint density at radius 3 is 2.69 bits per heavy atom. The van der Waals surface area contributed by atoms with Gasteiger partial charge in [-0.3, -0.25) is 0 Å². The molecule has 1 aliphatic rings. The maximum atomic E-state index is 8.51. The molecule has 0 bridgehead atoms. The average molecular weight is 222 g/mol. The number of nitriles is 1. The highest BCUT2D eigenvalue weighted by atomic mass is 14.9. The van der Waals surface area contributed by atoms with Crippen LogP contribution in [0.2, 0.25) is 0 Å². The van der Waals surface area contributed by atoms with Crippen molar-refractivity contribution in [2.24, 2.45) is 5.92 Å². The first kappa shape index (κ1) is 13.5. The second kappa shape index (κ2) is 8.58. The molecule has 0 aromatic rings. The van der Waals surface area contributed by atoms with Gasteiger partial charge in [0.25, 0.3) is 0 Å². The van der Waals surface area contributed by atoms with Crippen molar-refractivity contribution in [1.29, 1.82) is 5.26 Å². The van der Waals surface area contributed by atoms with Crippen molar-refractivity contribution in [2.45, 2.75) is 70.8 Å². The summed E-state index contributed by atoms with van der Waals surface area (Å²) in [6.07, 6.45) is 11.4. The van der Waals surface area contributed by atoms with Gasteiger partial charge in [-0.25, -0.2) is 0 Å². The van der Waals surface area contributed by atoms with Gasteiger partial charge in [-0.2, -0.15) is 5.26 Å². The van der Waals surface area contributed by atoms with Crippen molar-refractivity contribution >= 4 is 0 Å². The first-order valence-electron chi connectivity index (χ1n) is 6.98. The van der Waals surface area contributed by atoms with Crippen LogP contribution < -0.4 is 5.32 Å². The summed E-state index contributed by atoms with van der Waals surface area (Å²) in [5, 5.41) is 12.2. The van der Waals surface area contributed by atoms with Crippen LogP contribution >= 0.6 is 0 Å². The summed E-state index contributed by atoms with van der Waals surface area (Å²) in [4.78, 5) is 0. The minimum absolute atomic E-state index is 0.691. The lowest BCUT2D eigenvalue weighted by atomic mass is 9.82. The molecule has 1 atom stereocenters. The average Bonchev–Trinajstić information content (AvgIpc) is 2.34. The molecule has 1 unspecified atom stereocenters. The molecule has 0 aromatic carbocycles. The van der Waals surface area contributed by atoms with E-state index in [0.29, 0.717) is 12.5 Å². The maximum absolute atomic E-state index is 8.51. The molecule has 1 aliphatic carbocycles. The van der Waals surface area contributed by atoms with Gasteiger partial charge in [0.15, 0.2) is 0 Å². The Morgan fingerprint density at radius 2 is 2.06 bits per heavy atom. The third-order valence-electron chi connectivity index (χ3n) is 3.69. The second-order valence-corrected chi connectivity index (χ2v) is 5.01. The van der Waals surface area contributed by atoms with E-state index in [1.807, 2.05) is 0 Å². The van der Waals surface area contributed by atoms with Crippen LogP contribution in [0.3, 0.4) is 0 Å². The van der Waals surface area contributed by atoms with E-state index in [-0.39, 0.29) is 0 Å². The molecule has 0 spiro atoms. The van der Waals surface area contributed by atoms with Gasteiger partial charge in [-0.05, 0) is 38.1 Å². The van der Waals surface area contributed by atoms with Crippen LogP contribution in [0.25, 0.3) is 0 Å². The Balaban J connectivity index is 2.25. The number of nitrogens with one attached hydrogen (secondary N) is 1. The molecule has 0 amide bonds. The SMILES string of the molecule is CCCC(NCCCC#N)C1CCCCC1. The molecule has 1 N–H and O–H groups in total. The quantitative estimate of drug-likeness (QED) is 0.668. The van der Waals surface area contributed by atoms with Crippen LogP contribution in [-0.2, 0) is 0 Å². The Labute approximate surface area is 100 Å². The fourth-order valence-electron chi connectivity index (χ4n) is 2.81. The van der Waals surface area contributed by atoms with Crippen LogP contribution in [0.4, 0.5) is 0 Å². The molecule has 0 saturated heterocycles. The minimum atomic E-state index is 0.691. The molecule has 0 heterocycles. The lowest BCUT2D eigenvalue weighted by Gasteiger charge is -2.31. The Kier molecular flexibility index (Phi) is 7.25. The van der Waals surface area contributed by atoms with Crippen molar-refractivity contribution in [3.8, 4) is 6.07 Å². The first-order valence-corrected chi connectivity index (χ1v) is 6.98. The van der Waals surface area contributed by atoms with Crippen molar-refractivity contribution in [3.05, 3.63) is 0 Å². The number of unbranched alkanes of at least 4 members (excludes halogenated alkanes) is 1. The summed E-state index contributed by atoms with van der Waals surface area (Å²) in [6, 6.07) is 2.93. The molecule has 0 radical (unpaired) electrons. The molecular formula is C14H26N2. The fraction of sp³-hybridized carbons (Fsp3) is 0.929. The number of rotatable bonds is 7. The molecule has 0 aliphatic heterocycles. The first-order chi connectivity index (χ1) is 7.88. The van der Waals surface area contributed by atoms with Crippen LogP contribution in [-0.4, -0.2) is 12.6 Å². The van der Waals surface area contributed by atoms with E-state index in [1.54, 1.807) is 0 Å². The van der Waals surface area contributed by atoms with Crippen LogP contribution in [0.1, 0.15) is 64.7 Å². The summed E-state index contributed by atoms with van der Waals surface area (Å²) < 4.78 is 0. The zero-order valence-corrected chi connectivity index (χ0v) is 10.7. The molecule has 1 fully saturated rings. The fourth-order valence-corrected chi connectivity index (χ4v) is 2.81. The molecule has 1 rings (SSSR count). The minimum Gasteiger partial charge on any atom is -0.314 e. The van der Waals surface area contributed by atoms with E-state index in [2.05, 4.69) is 18.3 Å². The highest BCUT2D eigenvalue weighted by Gasteiger charge is 2.22. The molecule has 92 valence electrons. The Morgan fingerprint density at radius 1 is 1.31 bits per heavy atom. The van der Waals surface area contributed by atoms with Crippen molar-refractivity contribution < 1.29 is 0 Å².